The van der Waals surface area contributed by atoms with Gasteiger partial charge in [0.2, 0.25) is 0 Å². The number of halogens is 1. The number of benzene rings is 2. The predicted octanol–water partition coefficient (Wildman–Crippen LogP) is 5.39. The van der Waals surface area contributed by atoms with Crippen LogP contribution in [0.2, 0.25) is 0 Å². The third-order valence-corrected chi connectivity index (χ3v) is 4.94. The first-order chi connectivity index (χ1) is 12.0. The molecule has 1 fully saturated rings. The molecule has 0 radical (unpaired) electrons. The van der Waals surface area contributed by atoms with Gasteiger partial charge in [-0.1, -0.05) is 32.0 Å². The van der Waals surface area contributed by atoms with Gasteiger partial charge in [0, 0.05) is 0 Å². The summed E-state index contributed by atoms with van der Waals surface area (Å²) in [4.78, 5) is 12.3. The molecule has 0 spiro atoms. The summed E-state index contributed by atoms with van der Waals surface area (Å²) in [6, 6.07) is 12.9. The summed E-state index contributed by atoms with van der Waals surface area (Å²) >= 11 is 0. The van der Waals surface area contributed by atoms with Crippen LogP contribution >= 0.6 is 0 Å². The highest BCUT2D eigenvalue weighted by Crippen LogP contribution is 2.40. The van der Waals surface area contributed by atoms with E-state index in [9.17, 15) is 9.18 Å². The lowest BCUT2D eigenvalue weighted by Crippen LogP contribution is -2.38. The molecule has 0 atom stereocenters. The molecule has 0 unspecified atom stereocenters. The van der Waals surface area contributed by atoms with Gasteiger partial charge in [0.15, 0.2) is 11.6 Å². The number of ether oxygens (including phenoxy) is 2. The molecular weight excluding hydrogens is 319 g/mol. The van der Waals surface area contributed by atoms with Crippen LogP contribution < -0.4 is 9.47 Å². The van der Waals surface area contributed by atoms with Gasteiger partial charge in [0.1, 0.15) is 11.4 Å². The maximum Gasteiger partial charge on any atom is 0.343 e. The van der Waals surface area contributed by atoms with E-state index in [1.54, 1.807) is 24.3 Å². The quantitative estimate of drug-likeness (QED) is 0.540. The van der Waals surface area contributed by atoms with E-state index in [1.165, 1.54) is 18.2 Å². The molecule has 0 aliphatic heterocycles. The zero-order chi connectivity index (χ0) is 17.9. The van der Waals surface area contributed by atoms with Crippen LogP contribution in [0.25, 0.3) is 0 Å². The van der Waals surface area contributed by atoms with Gasteiger partial charge < -0.3 is 9.47 Å². The number of rotatable bonds is 5. The third-order valence-electron chi connectivity index (χ3n) is 4.94. The van der Waals surface area contributed by atoms with E-state index < -0.39 is 11.8 Å². The summed E-state index contributed by atoms with van der Waals surface area (Å²) < 4.78 is 25.7. The number of carbonyl (C=O) groups excluding carboxylic acids is 1. The number of hydrogen-bond acceptors (Lipinski definition) is 3. The number of carbonyl (C=O) groups is 1. The van der Waals surface area contributed by atoms with Crippen LogP contribution in [-0.4, -0.2) is 11.6 Å². The Morgan fingerprint density at radius 2 is 1.76 bits per heavy atom. The van der Waals surface area contributed by atoms with Gasteiger partial charge >= 0.3 is 5.97 Å². The fourth-order valence-corrected chi connectivity index (χ4v) is 3.35. The largest absolute Gasteiger partial charge is 0.484 e. The van der Waals surface area contributed by atoms with Crippen LogP contribution in [0.4, 0.5) is 4.39 Å². The van der Waals surface area contributed by atoms with Crippen molar-refractivity contribution in [3.05, 3.63) is 59.9 Å². The van der Waals surface area contributed by atoms with Gasteiger partial charge in [-0.25, -0.2) is 9.18 Å². The lowest BCUT2D eigenvalue weighted by Gasteiger charge is -2.34. The summed E-state index contributed by atoms with van der Waals surface area (Å²) in [6.07, 6.45) is 3.97. The minimum Gasteiger partial charge on any atom is -0.484 e. The van der Waals surface area contributed by atoms with Crippen LogP contribution in [0.5, 0.6) is 11.5 Å². The fourth-order valence-electron chi connectivity index (χ4n) is 3.35. The average Bonchev–Trinajstić information content (AvgIpc) is 3.08. The molecule has 4 heteroatoms. The highest BCUT2D eigenvalue weighted by molar-refractivity contribution is 5.91. The van der Waals surface area contributed by atoms with Crippen molar-refractivity contribution in [2.24, 2.45) is 5.92 Å². The molecule has 0 amide bonds. The van der Waals surface area contributed by atoms with Crippen LogP contribution in [0.15, 0.2) is 48.5 Å². The van der Waals surface area contributed by atoms with Gasteiger partial charge in [-0.15, -0.1) is 0 Å². The van der Waals surface area contributed by atoms with Crippen LogP contribution in [-0.2, 0) is 0 Å². The Bertz CT molecular complexity index is 734. The second-order valence-corrected chi connectivity index (χ2v) is 6.88. The van der Waals surface area contributed by atoms with E-state index in [4.69, 9.17) is 9.47 Å². The van der Waals surface area contributed by atoms with Crippen LogP contribution in [0.1, 0.15) is 49.9 Å². The summed E-state index contributed by atoms with van der Waals surface area (Å²) in [5, 5.41) is 0. The molecule has 3 rings (SSSR count). The third kappa shape index (κ3) is 3.84. The molecule has 0 aromatic heterocycles. The number of hydrogen-bond donors (Lipinski definition) is 0. The second kappa shape index (κ2) is 7.26. The lowest BCUT2D eigenvalue weighted by atomic mass is 9.88. The molecule has 1 saturated carbocycles. The Morgan fingerprint density at radius 3 is 2.40 bits per heavy atom. The Labute approximate surface area is 147 Å². The Kier molecular flexibility index (Phi) is 5.07. The monoisotopic (exact) mass is 342 g/mol. The van der Waals surface area contributed by atoms with Crippen LogP contribution in [0, 0.1) is 11.7 Å². The summed E-state index contributed by atoms with van der Waals surface area (Å²) in [6.45, 7) is 4.19. The van der Waals surface area contributed by atoms with Crippen molar-refractivity contribution in [3.8, 4) is 11.5 Å². The van der Waals surface area contributed by atoms with Crippen molar-refractivity contribution in [1.29, 1.82) is 0 Å². The normalized spacial score (nSPS) is 16.0. The van der Waals surface area contributed by atoms with Crippen molar-refractivity contribution in [1.82, 2.24) is 0 Å². The Morgan fingerprint density at radius 1 is 1.08 bits per heavy atom. The minimum absolute atomic E-state index is 0.123. The van der Waals surface area contributed by atoms with Gasteiger partial charge in [-0.05, 0) is 61.9 Å². The molecule has 0 saturated heterocycles. The second-order valence-electron chi connectivity index (χ2n) is 6.88. The van der Waals surface area contributed by atoms with E-state index in [-0.39, 0.29) is 22.8 Å². The summed E-state index contributed by atoms with van der Waals surface area (Å²) in [7, 11) is 0. The van der Waals surface area contributed by atoms with E-state index in [0.29, 0.717) is 5.75 Å². The fraction of sp³-hybridized carbons (Fsp3) is 0.381. The molecule has 1 aliphatic rings. The van der Waals surface area contributed by atoms with Crippen LogP contribution in [0.3, 0.4) is 0 Å². The van der Waals surface area contributed by atoms with Gasteiger partial charge in [-0.2, -0.15) is 0 Å². The van der Waals surface area contributed by atoms with E-state index >= 15 is 0 Å². The SMILES string of the molecule is CC(C)C1(Oc2cc(C(=O)Oc3ccccc3)ccc2F)CCCC1. The van der Waals surface area contributed by atoms with E-state index in [0.717, 1.165) is 25.7 Å². The zero-order valence-electron chi connectivity index (χ0n) is 14.6. The van der Waals surface area contributed by atoms with Crippen molar-refractivity contribution in [3.63, 3.8) is 0 Å². The lowest BCUT2D eigenvalue weighted by molar-refractivity contribution is 0.0250. The summed E-state index contributed by atoms with van der Waals surface area (Å²) in [5.41, 5.74) is -0.0832. The van der Waals surface area contributed by atoms with Gasteiger partial charge in [-0.3, -0.25) is 0 Å². The van der Waals surface area contributed by atoms with Gasteiger partial charge in [0.25, 0.3) is 0 Å². The molecule has 1 aliphatic carbocycles. The van der Waals surface area contributed by atoms with E-state index in [2.05, 4.69) is 13.8 Å². The molecule has 0 N–H and O–H groups in total. The van der Waals surface area contributed by atoms with Crippen molar-refractivity contribution >= 4 is 5.97 Å². The molecule has 2 aromatic carbocycles. The molecule has 0 heterocycles. The number of esters is 1. The first kappa shape index (κ1) is 17.5. The first-order valence-corrected chi connectivity index (χ1v) is 8.76. The maximum atomic E-state index is 14.3. The standard InChI is InChI=1S/C21H23FO3/c1-15(2)21(12-6-7-13-21)25-19-14-16(10-11-18(19)22)20(23)24-17-8-4-3-5-9-17/h3-5,8-11,14-15H,6-7,12-13H2,1-2H3. The topological polar surface area (TPSA) is 35.5 Å². The molecule has 3 nitrogen and oxygen atoms in total. The highest BCUT2D eigenvalue weighted by atomic mass is 19.1. The first-order valence-electron chi connectivity index (χ1n) is 8.76. The molecule has 132 valence electrons. The van der Waals surface area contributed by atoms with Crippen molar-refractivity contribution in [2.75, 3.05) is 0 Å². The predicted molar refractivity (Wildman–Crippen MR) is 94.5 cm³/mol. The average molecular weight is 342 g/mol. The van der Waals surface area contributed by atoms with Gasteiger partial charge in [0.05, 0.1) is 5.56 Å². The maximum absolute atomic E-state index is 14.3. The van der Waals surface area contributed by atoms with Crippen molar-refractivity contribution in [2.45, 2.75) is 45.1 Å². The molecule has 2 aromatic rings. The zero-order valence-corrected chi connectivity index (χ0v) is 14.6. The smallest absolute Gasteiger partial charge is 0.343 e. The van der Waals surface area contributed by atoms with E-state index in [1.807, 2.05) is 6.07 Å². The summed E-state index contributed by atoms with van der Waals surface area (Å²) in [5.74, 6) is -0.134. The minimum atomic E-state index is -0.527. The highest BCUT2D eigenvalue weighted by Gasteiger charge is 2.39. The Balaban J connectivity index is 1.82. The molecular formula is C21H23FO3. The Hall–Kier alpha value is -2.36. The number of para-hydroxylation sites is 1. The molecule has 25 heavy (non-hydrogen) atoms. The molecule has 0 bridgehead atoms. The van der Waals surface area contributed by atoms with Crippen molar-refractivity contribution < 1.29 is 18.7 Å².